The molecule has 0 aliphatic carbocycles. The molecule has 0 atom stereocenters. The molecule has 0 saturated heterocycles. The number of hydrazone groups is 1. The second-order valence-corrected chi connectivity index (χ2v) is 7.01. The fourth-order valence-corrected chi connectivity index (χ4v) is 3.56. The topological polar surface area (TPSA) is 59.3 Å². The van der Waals surface area contributed by atoms with Crippen molar-refractivity contribution in [1.29, 1.82) is 0 Å². The molecule has 29 heavy (non-hydrogen) atoms. The zero-order valence-corrected chi connectivity index (χ0v) is 16.7. The fraction of sp³-hybridized carbons (Fsp3) is 0.125. The van der Waals surface area contributed by atoms with Gasteiger partial charge >= 0.3 is 0 Å². The smallest absolute Gasteiger partial charge is 0.273 e. The monoisotopic (exact) mass is 382 g/mol. The molecule has 0 aliphatic heterocycles. The van der Waals surface area contributed by atoms with Crippen LogP contribution in [0.3, 0.4) is 0 Å². The van der Waals surface area contributed by atoms with Crippen LogP contribution in [-0.4, -0.2) is 21.7 Å². The van der Waals surface area contributed by atoms with E-state index in [1.54, 1.807) is 6.21 Å². The number of nitrogens with one attached hydrogen (secondary N) is 1. The van der Waals surface area contributed by atoms with Gasteiger partial charge in [-0.2, -0.15) is 5.10 Å². The molecular weight excluding hydrogens is 360 g/mol. The molecule has 0 fully saturated rings. The van der Waals surface area contributed by atoms with Crippen LogP contribution < -0.4 is 5.43 Å². The van der Waals surface area contributed by atoms with Crippen LogP contribution in [0.5, 0.6) is 0 Å². The fourth-order valence-electron chi connectivity index (χ4n) is 3.56. The van der Waals surface area contributed by atoms with E-state index in [1.807, 2.05) is 62.4 Å². The van der Waals surface area contributed by atoms with Crippen molar-refractivity contribution >= 4 is 23.0 Å². The summed E-state index contributed by atoms with van der Waals surface area (Å²) in [6.07, 6.45) is 1.68. The molecule has 5 nitrogen and oxygen atoms in total. The van der Waals surface area contributed by atoms with Gasteiger partial charge in [0.25, 0.3) is 5.91 Å². The van der Waals surface area contributed by atoms with Gasteiger partial charge in [-0.3, -0.25) is 9.78 Å². The molecule has 0 bridgehead atoms. The van der Waals surface area contributed by atoms with Gasteiger partial charge in [0.05, 0.1) is 23.0 Å². The Morgan fingerprint density at radius 1 is 1.00 bits per heavy atom. The zero-order valence-electron chi connectivity index (χ0n) is 16.7. The van der Waals surface area contributed by atoms with Crippen LogP contribution in [0.2, 0.25) is 0 Å². The molecule has 4 rings (SSSR count). The molecule has 0 radical (unpaired) electrons. The lowest BCUT2D eigenvalue weighted by molar-refractivity contribution is 0.0954. The minimum Gasteiger partial charge on any atom is -0.318 e. The van der Waals surface area contributed by atoms with Crippen LogP contribution in [0.15, 0.2) is 71.8 Å². The second-order valence-electron chi connectivity index (χ2n) is 7.01. The lowest BCUT2D eigenvalue weighted by atomic mass is 10.1. The van der Waals surface area contributed by atoms with Crippen molar-refractivity contribution in [3.63, 3.8) is 0 Å². The van der Waals surface area contributed by atoms with Crippen molar-refractivity contribution in [2.24, 2.45) is 5.10 Å². The van der Waals surface area contributed by atoms with Crippen molar-refractivity contribution in [3.8, 4) is 5.69 Å². The standard InChI is InChI=1S/C24H22N4O/c1-16-13-20(18(3)28(16)21-10-5-4-6-11-21)15-25-27-24(29)22-14-19-9-7-8-12-23(19)26-17(22)2/h4-15H,1-3H3,(H,27,29)/b25-15+. The van der Waals surface area contributed by atoms with E-state index in [4.69, 9.17) is 0 Å². The first-order valence-electron chi connectivity index (χ1n) is 9.49. The lowest BCUT2D eigenvalue weighted by Crippen LogP contribution is -2.19. The number of hydrogen-bond donors (Lipinski definition) is 1. The number of amides is 1. The molecule has 0 unspecified atom stereocenters. The van der Waals surface area contributed by atoms with Crippen LogP contribution in [0.1, 0.15) is 33.0 Å². The number of aryl methyl sites for hydroxylation is 2. The SMILES string of the molecule is Cc1nc2ccccc2cc1C(=O)N/N=C/c1cc(C)n(-c2ccccc2)c1C. The summed E-state index contributed by atoms with van der Waals surface area (Å²) in [7, 11) is 0. The summed E-state index contributed by atoms with van der Waals surface area (Å²) in [5, 5.41) is 5.11. The third-order valence-corrected chi connectivity index (χ3v) is 5.01. The highest BCUT2D eigenvalue weighted by Crippen LogP contribution is 2.19. The summed E-state index contributed by atoms with van der Waals surface area (Å²) >= 11 is 0. The highest BCUT2D eigenvalue weighted by Gasteiger charge is 2.12. The lowest BCUT2D eigenvalue weighted by Gasteiger charge is -2.09. The summed E-state index contributed by atoms with van der Waals surface area (Å²) in [4.78, 5) is 17.1. The summed E-state index contributed by atoms with van der Waals surface area (Å²) in [6, 6.07) is 21.8. The van der Waals surface area contributed by atoms with E-state index >= 15 is 0 Å². The maximum absolute atomic E-state index is 12.6. The number of carbonyl (C=O) groups is 1. The number of hydrogen-bond acceptors (Lipinski definition) is 3. The average molecular weight is 382 g/mol. The third-order valence-electron chi connectivity index (χ3n) is 5.01. The van der Waals surface area contributed by atoms with Crippen molar-refractivity contribution in [3.05, 3.63) is 94.9 Å². The van der Waals surface area contributed by atoms with E-state index in [-0.39, 0.29) is 5.91 Å². The number of pyridine rings is 1. The number of fused-ring (bicyclic) bond motifs is 1. The Morgan fingerprint density at radius 2 is 1.72 bits per heavy atom. The summed E-state index contributed by atoms with van der Waals surface area (Å²) in [5.41, 5.74) is 8.94. The Kier molecular flexibility index (Phi) is 4.96. The maximum Gasteiger partial charge on any atom is 0.273 e. The molecule has 2 aromatic heterocycles. The van der Waals surface area contributed by atoms with Crippen molar-refractivity contribution in [1.82, 2.24) is 15.0 Å². The van der Waals surface area contributed by atoms with Gasteiger partial charge in [0.1, 0.15) is 0 Å². The van der Waals surface area contributed by atoms with Crippen molar-refractivity contribution in [2.75, 3.05) is 0 Å². The molecule has 2 aromatic carbocycles. The average Bonchev–Trinajstić information content (AvgIpc) is 3.01. The third kappa shape index (κ3) is 3.67. The van der Waals surface area contributed by atoms with Crippen LogP contribution >= 0.6 is 0 Å². The van der Waals surface area contributed by atoms with Crippen LogP contribution in [-0.2, 0) is 0 Å². The number of nitrogens with zero attached hydrogens (tertiary/aromatic N) is 3. The minimum atomic E-state index is -0.270. The van der Waals surface area contributed by atoms with Crippen molar-refractivity contribution in [2.45, 2.75) is 20.8 Å². The van der Waals surface area contributed by atoms with E-state index in [0.29, 0.717) is 11.3 Å². The predicted molar refractivity (Wildman–Crippen MR) is 117 cm³/mol. The van der Waals surface area contributed by atoms with Gasteiger partial charge in [0.15, 0.2) is 0 Å². The Morgan fingerprint density at radius 3 is 2.52 bits per heavy atom. The predicted octanol–water partition coefficient (Wildman–Crippen LogP) is 4.71. The van der Waals surface area contributed by atoms with E-state index < -0.39 is 0 Å². The first-order valence-corrected chi connectivity index (χ1v) is 9.49. The minimum absolute atomic E-state index is 0.270. The molecule has 4 aromatic rings. The maximum atomic E-state index is 12.6. The molecule has 1 amide bonds. The first-order chi connectivity index (χ1) is 14.0. The number of benzene rings is 2. The van der Waals surface area contributed by atoms with Gasteiger partial charge in [-0.05, 0) is 51.1 Å². The summed E-state index contributed by atoms with van der Waals surface area (Å²) < 4.78 is 2.17. The van der Waals surface area contributed by atoms with Crippen LogP contribution in [0.25, 0.3) is 16.6 Å². The summed E-state index contributed by atoms with van der Waals surface area (Å²) in [6.45, 7) is 5.93. The van der Waals surface area contributed by atoms with Gasteiger partial charge in [0.2, 0.25) is 0 Å². The molecule has 5 heteroatoms. The van der Waals surface area contributed by atoms with Crippen molar-refractivity contribution < 1.29 is 4.79 Å². The summed E-state index contributed by atoms with van der Waals surface area (Å²) in [5.74, 6) is -0.270. The highest BCUT2D eigenvalue weighted by molar-refractivity contribution is 5.99. The van der Waals surface area contributed by atoms with E-state index in [1.165, 1.54) is 0 Å². The number of carbonyl (C=O) groups excluding carboxylic acids is 1. The van der Waals surface area contributed by atoms with Crippen LogP contribution in [0, 0.1) is 20.8 Å². The Hall–Kier alpha value is -3.73. The number of rotatable bonds is 4. The molecule has 0 spiro atoms. The first kappa shape index (κ1) is 18.6. The Labute approximate surface area is 169 Å². The van der Waals surface area contributed by atoms with E-state index in [2.05, 4.69) is 45.2 Å². The van der Waals surface area contributed by atoms with Crippen LogP contribution in [0.4, 0.5) is 0 Å². The number of para-hydroxylation sites is 2. The molecular formula is C24H22N4O. The molecule has 144 valence electrons. The Balaban J connectivity index is 1.55. The highest BCUT2D eigenvalue weighted by atomic mass is 16.2. The zero-order chi connectivity index (χ0) is 20.4. The molecule has 1 N–H and O–H groups in total. The van der Waals surface area contributed by atoms with Gasteiger partial charge in [-0.1, -0.05) is 36.4 Å². The van der Waals surface area contributed by atoms with Gasteiger partial charge in [-0.25, -0.2) is 5.43 Å². The normalized spacial score (nSPS) is 11.3. The molecule has 0 saturated carbocycles. The van der Waals surface area contributed by atoms with Gasteiger partial charge in [0, 0.05) is 28.0 Å². The van der Waals surface area contributed by atoms with Gasteiger partial charge in [-0.15, -0.1) is 0 Å². The van der Waals surface area contributed by atoms with E-state index in [0.717, 1.165) is 33.5 Å². The molecule has 0 aliphatic rings. The second kappa shape index (κ2) is 7.72. The quantitative estimate of drug-likeness (QED) is 0.410. The van der Waals surface area contributed by atoms with E-state index in [9.17, 15) is 4.79 Å². The number of aromatic nitrogens is 2. The molecule has 2 heterocycles. The van der Waals surface area contributed by atoms with Gasteiger partial charge < -0.3 is 4.57 Å². The Bertz CT molecular complexity index is 1220. The largest absolute Gasteiger partial charge is 0.318 e.